The van der Waals surface area contributed by atoms with Crippen LogP contribution in [0.15, 0.2) is 43.1 Å². The van der Waals surface area contributed by atoms with Crippen molar-refractivity contribution in [2.75, 3.05) is 26.2 Å². The first-order valence-electron chi connectivity index (χ1n) is 8.71. The van der Waals surface area contributed by atoms with E-state index in [9.17, 15) is 0 Å². The summed E-state index contributed by atoms with van der Waals surface area (Å²) in [7, 11) is 0. The molecule has 0 atom stereocenters. The van der Waals surface area contributed by atoms with Gasteiger partial charge in [-0.15, -0.1) is 0 Å². The lowest BCUT2D eigenvalue weighted by Crippen LogP contribution is -2.43. The van der Waals surface area contributed by atoms with Gasteiger partial charge in [0.05, 0.1) is 6.33 Å². The number of hydrogen-bond donors (Lipinski definition) is 1. The molecule has 1 fully saturated rings. The van der Waals surface area contributed by atoms with Crippen molar-refractivity contribution >= 4 is 0 Å². The van der Waals surface area contributed by atoms with Crippen LogP contribution >= 0.6 is 0 Å². The molecular formula is C18H27N5. The van der Waals surface area contributed by atoms with Crippen LogP contribution in [0.3, 0.4) is 0 Å². The SMILES string of the molecule is c1ccc(CCN2CCC(NCCCn3ccnc3)CC2)nc1. The van der Waals surface area contributed by atoms with Gasteiger partial charge in [-0.1, -0.05) is 6.07 Å². The Kier molecular flexibility index (Phi) is 6.17. The first-order valence-corrected chi connectivity index (χ1v) is 8.71. The number of nitrogens with zero attached hydrogens (tertiary/aromatic N) is 4. The van der Waals surface area contributed by atoms with Crippen molar-refractivity contribution in [3.63, 3.8) is 0 Å². The number of imidazole rings is 1. The highest BCUT2D eigenvalue weighted by molar-refractivity contribution is 5.03. The van der Waals surface area contributed by atoms with E-state index in [1.54, 1.807) is 0 Å². The Morgan fingerprint density at radius 3 is 2.78 bits per heavy atom. The maximum Gasteiger partial charge on any atom is 0.0945 e. The van der Waals surface area contributed by atoms with Crippen LogP contribution in [-0.2, 0) is 13.0 Å². The molecule has 0 spiro atoms. The van der Waals surface area contributed by atoms with E-state index in [2.05, 4.69) is 36.9 Å². The van der Waals surface area contributed by atoms with E-state index >= 15 is 0 Å². The number of likely N-dealkylation sites (tertiary alicyclic amines) is 1. The molecule has 0 amide bonds. The second-order valence-electron chi connectivity index (χ2n) is 6.30. The van der Waals surface area contributed by atoms with Gasteiger partial charge in [0.1, 0.15) is 0 Å². The molecule has 2 aromatic rings. The number of aryl methyl sites for hydroxylation is 1. The van der Waals surface area contributed by atoms with Gasteiger partial charge in [-0.05, 0) is 51.0 Å². The summed E-state index contributed by atoms with van der Waals surface area (Å²) >= 11 is 0. The number of rotatable bonds is 8. The van der Waals surface area contributed by atoms with E-state index in [1.807, 2.05) is 31.0 Å². The van der Waals surface area contributed by atoms with Crippen LogP contribution in [0.2, 0.25) is 0 Å². The lowest BCUT2D eigenvalue weighted by molar-refractivity contribution is 0.199. The third-order valence-corrected chi connectivity index (χ3v) is 4.58. The van der Waals surface area contributed by atoms with Crippen molar-refractivity contribution < 1.29 is 0 Å². The molecule has 0 aromatic carbocycles. The molecule has 0 radical (unpaired) electrons. The summed E-state index contributed by atoms with van der Waals surface area (Å²) < 4.78 is 2.14. The van der Waals surface area contributed by atoms with E-state index < -0.39 is 0 Å². The number of nitrogens with one attached hydrogen (secondary N) is 1. The normalized spacial score (nSPS) is 16.7. The molecule has 1 saturated heterocycles. The van der Waals surface area contributed by atoms with Crippen LogP contribution in [0.25, 0.3) is 0 Å². The van der Waals surface area contributed by atoms with Gasteiger partial charge in [-0.3, -0.25) is 4.98 Å². The van der Waals surface area contributed by atoms with Crippen molar-refractivity contribution in [1.82, 2.24) is 24.8 Å². The number of pyridine rings is 1. The monoisotopic (exact) mass is 313 g/mol. The third kappa shape index (κ3) is 5.44. The average Bonchev–Trinajstić information content (AvgIpc) is 3.12. The fourth-order valence-electron chi connectivity index (χ4n) is 3.17. The van der Waals surface area contributed by atoms with Crippen LogP contribution < -0.4 is 5.32 Å². The van der Waals surface area contributed by atoms with Gasteiger partial charge < -0.3 is 14.8 Å². The molecule has 124 valence electrons. The van der Waals surface area contributed by atoms with Gasteiger partial charge in [0.15, 0.2) is 0 Å². The maximum atomic E-state index is 4.40. The van der Waals surface area contributed by atoms with Crippen molar-refractivity contribution in [2.45, 2.75) is 38.3 Å². The average molecular weight is 313 g/mol. The van der Waals surface area contributed by atoms with Gasteiger partial charge >= 0.3 is 0 Å². The highest BCUT2D eigenvalue weighted by Crippen LogP contribution is 2.11. The van der Waals surface area contributed by atoms with Gasteiger partial charge in [0.25, 0.3) is 0 Å². The van der Waals surface area contributed by atoms with Gasteiger partial charge in [0.2, 0.25) is 0 Å². The predicted octanol–water partition coefficient (Wildman–Crippen LogP) is 1.96. The second kappa shape index (κ2) is 8.79. The minimum Gasteiger partial charge on any atom is -0.337 e. The summed E-state index contributed by atoms with van der Waals surface area (Å²) in [5, 5.41) is 3.71. The number of hydrogen-bond acceptors (Lipinski definition) is 4. The highest BCUT2D eigenvalue weighted by atomic mass is 15.1. The molecule has 0 bridgehead atoms. The van der Waals surface area contributed by atoms with Crippen LogP contribution in [0, 0.1) is 0 Å². The molecule has 5 nitrogen and oxygen atoms in total. The standard InChI is InChI=1S/C18H27N5/c1-2-8-20-17(4-1)5-12-22-13-6-18(7-14-22)21-9-3-11-23-15-10-19-16-23/h1-2,4,8,10,15-16,18,21H,3,5-7,9,11-14H2. The van der Waals surface area contributed by atoms with Gasteiger partial charge in [-0.25, -0.2) is 4.98 Å². The quantitative estimate of drug-likeness (QED) is 0.757. The largest absolute Gasteiger partial charge is 0.337 e. The molecular weight excluding hydrogens is 286 g/mol. The molecule has 0 aliphatic carbocycles. The van der Waals surface area contributed by atoms with Crippen molar-refractivity contribution in [1.29, 1.82) is 0 Å². The minimum absolute atomic E-state index is 0.684. The van der Waals surface area contributed by atoms with Gasteiger partial charge in [-0.2, -0.15) is 0 Å². The first kappa shape index (κ1) is 16.1. The Morgan fingerprint density at radius 1 is 1.13 bits per heavy atom. The fraction of sp³-hybridized carbons (Fsp3) is 0.556. The maximum absolute atomic E-state index is 4.40. The lowest BCUT2D eigenvalue weighted by Gasteiger charge is -2.32. The smallest absolute Gasteiger partial charge is 0.0945 e. The van der Waals surface area contributed by atoms with Crippen LogP contribution in [-0.4, -0.2) is 51.7 Å². The van der Waals surface area contributed by atoms with Gasteiger partial charge in [0, 0.05) is 49.8 Å². The summed E-state index contributed by atoms with van der Waals surface area (Å²) in [6.45, 7) is 5.68. The summed E-state index contributed by atoms with van der Waals surface area (Å²) in [6.07, 6.45) is 12.4. The summed E-state index contributed by atoms with van der Waals surface area (Å²) in [4.78, 5) is 11.0. The zero-order valence-electron chi connectivity index (χ0n) is 13.8. The molecule has 5 heteroatoms. The summed E-state index contributed by atoms with van der Waals surface area (Å²) in [5.74, 6) is 0. The first-order chi connectivity index (χ1) is 11.4. The Labute approximate surface area is 138 Å². The van der Waals surface area contributed by atoms with E-state index in [0.717, 1.165) is 32.5 Å². The van der Waals surface area contributed by atoms with E-state index in [4.69, 9.17) is 0 Å². The predicted molar refractivity (Wildman–Crippen MR) is 92.2 cm³/mol. The molecule has 3 heterocycles. The molecule has 2 aromatic heterocycles. The summed E-state index contributed by atoms with van der Waals surface area (Å²) in [6, 6.07) is 6.86. The Bertz CT molecular complexity index is 532. The topological polar surface area (TPSA) is 46.0 Å². The van der Waals surface area contributed by atoms with E-state index in [-0.39, 0.29) is 0 Å². The highest BCUT2D eigenvalue weighted by Gasteiger charge is 2.18. The van der Waals surface area contributed by atoms with Crippen LogP contribution in [0.5, 0.6) is 0 Å². The molecule has 3 rings (SSSR count). The lowest BCUT2D eigenvalue weighted by atomic mass is 10.0. The molecule has 1 aliphatic rings. The van der Waals surface area contributed by atoms with Crippen molar-refractivity contribution in [3.05, 3.63) is 48.8 Å². The van der Waals surface area contributed by atoms with Crippen LogP contribution in [0.1, 0.15) is 25.0 Å². The molecule has 0 unspecified atom stereocenters. The third-order valence-electron chi connectivity index (χ3n) is 4.58. The van der Waals surface area contributed by atoms with Crippen molar-refractivity contribution in [3.8, 4) is 0 Å². The van der Waals surface area contributed by atoms with E-state index in [0.29, 0.717) is 6.04 Å². The summed E-state index contributed by atoms with van der Waals surface area (Å²) in [5.41, 5.74) is 1.20. The molecule has 1 N–H and O–H groups in total. The van der Waals surface area contributed by atoms with Crippen molar-refractivity contribution in [2.24, 2.45) is 0 Å². The number of piperidine rings is 1. The molecule has 1 aliphatic heterocycles. The second-order valence-corrected chi connectivity index (χ2v) is 6.30. The Hall–Kier alpha value is -1.72. The molecule has 0 saturated carbocycles. The zero-order valence-corrected chi connectivity index (χ0v) is 13.8. The van der Waals surface area contributed by atoms with E-state index in [1.165, 1.54) is 31.6 Å². The number of aromatic nitrogens is 3. The minimum atomic E-state index is 0.684. The fourth-order valence-corrected chi connectivity index (χ4v) is 3.17. The van der Waals surface area contributed by atoms with Crippen LogP contribution in [0.4, 0.5) is 0 Å². The zero-order chi connectivity index (χ0) is 15.7. The molecule has 23 heavy (non-hydrogen) atoms. The Balaban J connectivity index is 1.26. The Morgan fingerprint density at radius 2 is 2.04 bits per heavy atom.